The standard InChI is InChI=1S/C9H10O2S/c1-7(10)11-8-5-3-4-6-9(8)12-2/h3-6H,1-2H3/i7+2. The van der Waals surface area contributed by atoms with E-state index in [1.54, 1.807) is 17.8 Å². The van der Waals surface area contributed by atoms with E-state index in [0.29, 0.717) is 5.75 Å². The Morgan fingerprint density at radius 1 is 1.42 bits per heavy atom. The lowest BCUT2D eigenvalue weighted by Gasteiger charge is -2.04. The zero-order chi connectivity index (χ0) is 8.97. The van der Waals surface area contributed by atoms with Crippen LogP contribution in [0, 0.1) is 0 Å². The van der Waals surface area contributed by atoms with Crippen LogP contribution in [-0.4, -0.2) is 12.2 Å². The van der Waals surface area contributed by atoms with Crippen LogP contribution in [0.5, 0.6) is 5.75 Å². The third kappa shape index (κ3) is 2.27. The first-order valence-electron chi connectivity index (χ1n) is 3.55. The van der Waals surface area contributed by atoms with Gasteiger partial charge in [-0.1, -0.05) is 12.1 Å². The van der Waals surface area contributed by atoms with Gasteiger partial charge >= 0.3 is 5.97 Å². The molecule has 64 valence electrons. The Labute approximate surface area is 75.9 Å². The monoisotopic (exact) mass is 184 g/mol. The molecule has 0 amide bonds. The Bertz CT molecular complexity index is 284. The average Bonchev–Trinajstić information content (AvgIpc) is 2.04. The van der Waals surface area contributed by atoms with Crippen molar-refractivity contribution in [3.05, 3.63) is 24.3 Å². The van der Waals surface area contributed by atoms with E-state index in [0.717, 1.165) is 4.90 Å². The largest absolute Gasteiger partial charge is 0.426 e. The van der Waals surface area contributed by atoms with Crippen LogP contribution in [-0.2, 0) is 4.79 Å². The molecule has 0 heterocycles. The first kappa shape index (κ1) is 9.13. The number of thioether (sulfide) groups is 1. The number of rotatable bonds is 2. The van der Waals surface area contributed by atoms with Crippen LogP contribution in [0.25, 0.3) is 0 Å². The number of hydrogen-bond acceptors (Lipinski definition) is 3. The molecule has 2 nitrogen and oxygen atoms in total. The molecular weight excluding hydrogens is 174 g/mol. The summed E-state index contributed by atoms with van der Waals surface area (Å²) in [5.41, 5.74) is 0. The average molecular weight is 184 g/mol. The molecule has 0 saturated carbocycles. The van der Waals surface area contributed by atoms with Crippen molar-refractivity contribution in [1.29, 1.82) is 0 Å². The van der Waals surface area contributed by atoms with Gasteiger partial charge in [-0.15, -0.1) is 11.8 Å². The molecule has 0 aliphatic rings. The Kier molecular flexibility index (Phi) is 3.17. The fourth-order valence-corrected chi connectivity index (χ4v) is 1.38. The van der Waals surface area contributed by atoms with Gasteiger partial charge < -0.3 is 4.74 Å². The summed E-state index contributed by atoms with van der Waals surface area (Å²) in [6, 6.07) is 7.47. The van der Waals surface area contributed by atoms with Gasteiger partial charge in [0.1, 0.15) is 5.75 Å². The molecule has 0 spiro atoms. The molecule has 0 radical (unpaired) electrons. The van der Waals surface area contributed by atoms with E-state index in [4.69, 9.17) is 4.74 Å². The number of ether oxygens (including phenoxy) is 1. The zero-order valence-corrected chi connectivity index (χ0v) is 7.85. The molecule has 0 saturated heterocycles. The molecule has 1 aromatic carbocycles. The second-order valence-corrected chi connectivity index (χ2v) is 3.09. The molecule has 0 unspecified atom stereocenters. The summed E-state index contributed by atoms with van der Waals surface area (Å²) in [4.78, 5) is 11.6. The van der Waals surface area contributed by atoms with Crippen LogP contribution >= 0.6 is 11.8 Å². The minimum atomic E-state index is -0.281. The van der Waals surface area contributed by atoms with Gasteiger partial charge in [0.25, 0.3) is 0 Å². The van der Waals surface area contributed by atoms with Crippen molar-refractivity contribution in [3.8, 4) is 5.75 Å². The van der Waals surface area contributed by atoms with Crippen LogP contribution in [0.4, 0.5) is 0 Å². The molecule has 0 bridgehead atoms. The lowest BCUT2D eigenvalue weighted by atomic mass is 10.3. The smallest absolute Gasteiger partial charge is 0.308 e. The maximum Gasteiger partial charge on any atom is 0.308 e. The van der Waals surface area contributed by atoms with E-state index in [1.165, 1.54) is 6.92 Å². The maximum absolute atomic E-state index is 10.6. The van der Waals surface area contributed by atoms with E-state index in [2.05, 4.69) is 0 Å². The van der Waals surface area contributed by atoms with Crippen molar-refractivity contribution in [1.82, 2.24) is 0 Å². The Morgan fingerprint density at radius 2 is 2.08 bits per heavy atom. The maximum atomic E-state index is 10.6. The van der Waals surface area contributed by atoms with Crippen LogP contribution in [0.1, 0.15) is 6.92 Å². The van der Waals surface area contributed by atoms with Crippen molar-refractivity contribution in [2.45, 2.75) is 11.8 Å². The number of esters is 1. The van der Waals surface area contributed by atoms with Crippen LogP contribution in [0.3, 0.4) is 0 Å². The molecule has 0 aliphatic heterocycles. The molecular formula is C9H10O2S. The van der Waals surface area contributed by atoms with Crippen molar-refractivity contribution in [3.63, 3.8) is 0 Å². The van der Waals surface area contributed by atoms with Gasteiger partial charge in [0.05, 0.1) is 0 Å². The van der Waals surface area contributed by atoms with Crippen molar-refractivity contribution >= 4 is 17.7 Å². The molecule has 12 heavy (non-hydrogen) atoms. The summed E-state index contributed by atoms with van der Waals surface area (Å²) < 4.78 is 4.98. The predicted molar refractivity (Wildman–Crippen MR) is 49.5 cm³/mol. The Hall–Kier alpha value is -0.960. The lowest BCUT2D eigenvalue weighted by molar-refractivity contribution is -0.132. The van der Waals surface area contributed by atoms with E-state index >= 15 is 0 Å². The first-order valence-corrected chi connectivity index (χ1v) is 4.78. The molecule has 0 N–H and O–H groups in total. The molecule has 0 fully saturated rings. The lowest BCUT2D eigenvalue weighted by Crippen LogP contribution is -2.01. The van der Waals surface area contributed by atoms with Gasteiger partial charge in [0, 0.05) is 11.8 Å². The predicted octanol–water partition coefficient (Wildman–Crippen LogP) is 2.33. The molecule has 0 aromatic heterocycles. The number of hydrogen-bond donors (Lipinski definition) is 0. The van der Waals surface area contributed by atoms with E-state index in [1.807, 2.05) is 24.5 Å². The van der Waals surface area contributed by atoms with Gasteiger partial charge in [-0.05, 0) is 18.4 Å². The second-order valence-electron chi connectivity index (χ2n) is 2.24. The minimum absolute atomic E-state index is 0.281. The summed E-state index contributed by atoms with van der Waals surface area (Å²) in [6.07, 6.45) is 1.95. The van der Waals surface area contributed by atoms with Gasteiger partial charge in [-0.3, -0.25) is 4.79 Å². The fraction of sp³-hybridized carbons (Fsp3) is 0.222. The van der Waals surface area contributed by atoms with Crippen molar-refractivity contribution < 1.29 is 9.53 Å². The van der Waals surface area contributed by atoms with Crippen molar-refractivity contribution in [2.24, 2.45) is 0 Å². The quantitative estimate of drug-likeness (QED) is 0.401. The molecule has 0 atom stereocenters. The highest BCUT2D eigenvalue weighted by Gasteiger charge is 2.02. The summed E-state index contributed by atoms with van der Waals surface area (Å²) in [5, 5.41) is 0. The van der Waals surface area contributed by atoms with Gasteiger partial charge in [0.15, 0.2) is 0 Å². The Balaban J connectivity index is 2.89. The molecule has 0 aliphatic carbocycles. The van der Waals surface area contributed by atoms with Crippen LogP contribution in [0.2, 0.25) is 0 Å². The summed E-state index contributed by atoms with van der Waals surface area (Å²) in [5.74, 6) is 0.356. The van der Waals surface area contributed by atoms with E-state index in [9.17, 15) is 4.79 Å². The SMILES string of the molecule is CSc1ccccc1O[14C](C)=O. The fourth-order valence-electron chi connectivity index (χ4n) is 0.858. The number of para-hydroxylation sites is 1. The van der Waals surface area contributed by atoms with Gasteiger partial charge in [-0.25, -0.2) is 0 Å². The van der Waals surface area contributed by atoms with E-state index in [-0.39, 0.29) is 5.97 Å². The molecule has 1 aromatic rings. The summed E-state index contributed by atoms with van der Waals surface area (Å²) >= 11 is 1.56. The zero-order valence-electron chi connectivity index (χ0n) is 7.03. The topological polar surface area (TPSA) is 26.3 Å². The van der Waals surface area contributed by atoms with Crippen LogP contribution in [0.15, 0.2) is 29.2 Å². The third-order valence-corrected chi connectivity index (χ3v) is 2.10. The first-order chi connectivity index (χ1) is 5.74. The highest BCUT2D eigenvalue weighted by Crippen LogP contribution is 2.26. The van der Waals surface area contributed by atoms with E-state index < -0.39 is 0 Å². The van der Waals surface area contributed by atoms with Gasteiger partial charge in [0.2, 0.25) is 0 Å². The minimum Gasteiger partial charge on any atom is -0.426 e. The summed E-state index contributed by atoms with van der Waals surface area (Å²) in [7, 11) is 0. The van der Waals surface area contributed by atoms with Crippen LogP contribution < -0.4 is 4.74 Å². The highest BCUT2D eigenvalue weighted by atomic mass is 32.2. The normalized spacial score (nSPS) is 9.50. The highest BCUT2D eigenvalue weighted by molar-refractivity contribution is 7.98. The van der Waals surface area contributed by atoms with Gasteiger partial charge in [-0.2, -0.15) is 0 Å². The summed E-state index contributed by atoms with van der Waals surface area (Å²) in [6.45, 7) is 1.40. The second kappa shape index (κ2) is 4.16. The number of benzene rings is 1. The van der Waals surface area contributed by atoms with Crippen molar-refractivity contribution in [2.75, 3.05) is 6.26 Å². The number of carbonyl (C=O) groups excluding carboxylic acids is 1. The molecule has 1 rings (SSSR count). The third-order valence-electron chi connectivity index (χ3n) is 1.32. The number of carbonyl (C=O) groups is 1. The molecule has 3 heteroatoms. The Morgan fingerprint density at radius 3 is 2.67 bits per heavy atom.